The molecule has 0 aliphatic carbocycles. The van der Waals surface area contributed by atoms with E-state index in [0.29, 0.717) is 44.1 Å². The number of carbonyl (C=O) groups is 1. The van der Waals surface area contributed by atoms with Crippen LogP contribution in [-0.4, -0.2) is 63.8 Å². The molecule has 2 aromatic carbocycles. The van der Waals surface area contributed by atoms with Crippen LogP contribution < -0.4 is 4.90 Å². The van der Waals surface area contributed by atoms with E-state index in [1.807, 2.05) is 42.8 Å². The molecular formula is C28H29F3N6O2. The zero-order valence-electron chi connectivity index (χ0n) is 22.0. The molecule has 0 unspecified atom stereocenters. The number of hydrogen-bond donors (Lipinski definition) is 0. The van der Waals surface area contributed by atoms with Gasteiger partial charge < -0.3 is 14.5 Å². The number of hydrogen-bond acceptors (Lipinski definition) is 6. The quantitative estimate of drug-likeness (QED) is 0.358. The average Bonchev–Trinajstić information content (AvgIpc) is 3.08. The standard InChI is InChI=1S/C28H29F3N6O2/c1-18-5-11-22(12-6-18)37-26-24(19(2)34-37)25(32-23(33-26)17-39-3)35-13-4-14-36(16-15-35)27(38)20-7-9-21(10-8-20)28(29,30)31/h5-12H,4,13-17H2,1-3H3. The molecule has 4 aromatic rings. The number of aromatic nitrogens is 4. The minimum absolute atomic E-state index is 0.230. The molecule has 0 spiro atoms. The van der Waals surface area contributed by atoms with E-state index < -0.39 is 11.7 Å². The van der Waals surface area contributed by atoms with Gasteiger partial charge in [0, 0.05) is 38.9 Å². The van der Waals surface area contributed by atoms with Crippen molar-refractivity contribution < 1.29 is 22.7 Å². The van der Waals surface area contributed by atoms with Crippen LogP contribution >= 0.6 is 0 Å². The lowest BCUT2D eigenvalue weighted by Crippen LogP contribution is -2.35. The van der Waals surface area contributed by atoms with Crippen molar-refractivity contribution in [2.75, 3.05) is 38.2 Å². The Balaban J connectivity index is 1.44. The summed E-state index contributed by atoms with van der Waals surface area (Å²) in [5.74, 6) is 0.962. The van der Waals surface area contributed by atoms with Crippen LogP contribution in [0.5, 0.6) is 0 Å². The van der Waals surface area contributed by atoms with Crippen molar-refractivity contribution in [2.45, 2.75) is 33.1 Å². The van der Waals surface area contributed by atoms with Crippen LogP contribution in [0.15, 0.2) is 48.5 Å². The molecule has 0 N–H and O–H groups in total. The van der Waals surface area contributed by atoms with Gasteiger partial charge in [-0.3, -0.25) is 4.79 Å². The first-order valence-corrected chi connectivity index (χ1v) is 12.7. The van der Waals surface area contributed by atoms with Gasteiger partial charge in [0.2, 0.25) is 0 Å². The molecule has 2 aromatic heterocycles. The summed E-state index contributed by atoms with van der Waals surface area (Å²) in [7, 11) is 1.59. The van der Waals surface area contributed by atoms with Crippen LogP contribution in [0.3, 0.4) is 0 Å². The molecule has 0 radical (unpaired) electrons. The van der Waals surface area contributed by atoms with Crippen LogP contribution in [0, 0.1) is 13.8 Å². The fourth-order valence-electron chi connectivity index (χ4n) is 4.81. The summed E-state index contributed by atoms with van der Waals surface area (Å²) < 4.78 is 46.0. The van der Waals surface area contributed by atoms with Crippen molar-refractivity contribution in [2.24, 2.45) is 0 Å². The van der Waals surface area contributed by atoms with Crippen molar-refractivity contribution in [1.82, 2.24) is 24.6 Å². The molecule has 0 bridgehead atoms. The minimum Gasteiger partial charge on any atom is -0.377 e. The normalized spacial score (nSPS) is 14.6. The number of halogens is 3. The van der Waals surface area contributed by atoms with Crippen LogP contribution in [0.25, 0.3) is 16.7 Å². The Morgan fingerprint density at radius 2 is 1.67 bits per heavy atom. The number of ether oxygens (including phenoxy) is 1. The summed E-state index contributed by atoms with van der Waals surface area (Å²) in [6, 6.07) is 12.4. The highest BCUT2D eigenvalue weighted by molar-refractivity contribution is 5.94. The lowest BCUT2D eigenvalue weighted by Gasteiger charge is -2.24. The van der Waals surface area contributed by atoms with Gasteiger partial charge >= 0.3 is 6.18 Å². The van der Waals surface area contributed by atoms with Gasteiger partial charge in [0.25, 0.3) is 5.91 Å². The number of anilines is 1. The number of nitrogens with zero attached hydrogens (tertiary/aromatic N) is 6. The van der Waals surface area contributed by atoms with Gasteiger partial charge in [0.05, 0.1) is 22.3 Å². The fourth-order valence-corrected chi connectivity index (χ4v) is 4.81. The third kappa shape index (κ3) is 5.44. The summed E-state index contributed by atoms with van der Waals surface area (Å²) in [5, 5.41) is 5.61. The van der Waals surface area contributed by atoms with Crippen molar-refractivity contribution in [3.05, 3.63) is 76.7 Å². The molecule has 0 saturated carbocycles. The summed E-state index contributed by atoms with van der Waals surface area (Å²) in [4.78, 5) is 26.5. The van der Waals surface area contributed by atoms with Gasteiger partial charge in [0.1, 0.15) is 12.4 Å². The van der Waals surface area contributed by atoms with E-state index in [1.165, 1.54) is 12.1 Å². The first-order valence-electron chi connectivity index (χ1n) is 12.7. The summed E-state index contributed by atoms with van der Waals surface area (Å²) in [6.07, 6.45) is -3.77. The molecule has 8 nitrogen and oxygen atoms in total. The second kappa shape index (κ2) is 10.6. The van der Waals surface area contributed by atoms with Gasteiger partial charge in [-0.15, -0.1) is 0 Å². The monoisotopic (exact) mass is 538 g/mol. The third-order valence-electron chi connectivity index (χ3n) is 6.82. The Kier molecular flexibility index (Phi) is 7.26. The summed E-state index contributed by atoms with van der Waals surface area (Å²) in [6.45, 7) is 6.21. The zero-order valence-corrected chi connectivity index (χ0v) is 22.0. The average molecular weight is 539 g/mol. The number of carbonyl (C=O) groups excluding carboxylic acids is 1. The van der Waals surface area contributed by atoms with E-state index >= 15 is 0 Å². The molecule has 1 aliphatic heterocycles. The fraction of sp³-hybridized carbons (Fsp3) is 0.357. The lowest BCUT2D eigenvalue weighted by molar-refractivity contribution is -0.137. The Labute approximate surface area is 224 Å². The number of aryl methyl sites for hydroxylation is 2. The number of rotatable bonds is 5. The molecule has 204 valence electrons. The number of amides is 1. The molecule has 1 amide bonds. The van der Waals surface area contributed by atoms with Crippen molar-refractivity contribution in [3.63, 3.8) is 0 Å². The SMILES string of the molecule is COCc1nc(N2CCCN(C(=O)c3ccc(C(F)(F)F)cc3)CC2)c2c(C)nn(-c3ccc(C)cc3)c2n1. The molecule has 39 heavy (non-hydrogen) atoms. The van der Waals surface area contributed by atoms with E-state index in [9.17, 15) is 18.0 Å². The highest BCUT2D eigenvalue weighted by atomic mass is 19.4. The minimum atomic E-state index is -4.44. The highest BCUT2D eigenvalue weighted by Gasteiger charge is 2.31. The predicted octanol–water partition coefficient (Wildman–Crippen LogP) is 4.95. The Morgan fingerprint density at radius 1 is 0.949 bits per heavy atom. The number of methoxy groups -OCH3 is 1. The van der Waals surface area contributed by atoms with Gasteiger partial charge in [-0.05, 0) is 56.7 Å². The largest absolute Gasteiger partial charge is 0.416 e. The topological polar surface area (TPSA) is 76.4 Å². The summed E-state index contributed by atoms with van der Waals surface area (Å²) >= 11 is 0. The smallest absolute Gasteiger partial charge is 0.377 e. The molecule has 5 rings (SSSR count). The Bertz CT molecular complexity index is 1480. The van der Waals surface area contributed by atoms with Crippen LogP contribution in [0.1, 0.15) is 39.4 Å². The summed E-state index contributed by atoms with van der Waals surface area (Å²) in [5.41, 5.74) is 2.95. The van der Waals surface area contributed by atoms with E-state index in [1.54, 1.807) is 12.0 Å². The van der Waals surface area contributed by atoms with Crippen molar-refractivity contribution in [1.29, 1.82) is 0 Å². The number of benzene rings is 2. The Morgan fingerprint density at radius 3 is 2.33 bits per heavy atom. The zero-order chi connectivity index (χ0) is 27.7. The van der Waals surface area contributed by atoms with Crippen molar-refractivity contribution in [3.8, 4) is 5.69 Å². The molecule has 3 heterocycles. The first-order chi connectivity index (χ1) is 18.7. The van der Waals surface area contributed by atoms with Gasteiger partial charge in [-0.25, -0.2) is 14.6 Å². The molecule has 1 saturated heterocycles. The van der Waals surface area contributed by atoms with Crippen molar-refractivity contribution >= 4 is 22.8 Å². The second-order valence-electron chi connectivity index (χ2n) is 9.64. The number of alkyl halides is 3. The maximum absolute atomic E-state index is 13.1. The van der Waals surface area contributed by atoms with E-state index in [4.69, 9.17) is 19.8 Å². The van der Waals surface area contributed by atoms with E-state index in [-0.39, 0.29) is 18.1 Å². The molecule has 0 atom stereocenters. The Hall–Kier alpha value is -3.99. The molecule has 1 aliphatic rings. The van der Waals surface area contributed by atoms with Crippen LogP contribution in [0.4, 0.5) is 19.0 Å². The van der Waals surface area contributed by atoms with Crippen LogP contribution in [-0.2, 0) is 17.5 Å². The van der Waals surface area contributed by atoms with E-state index in [0.717, 1.165) is 40.3 Å². The number of fused-ring (bicyclic) bond motifs is 1. The van der Waals surface area contributed by atoms with Gasteiger partial charge in [-0.1, -0.05) is 17.7 Å². The molecule has 1 fully saturated rings. The molecular weight excluding hydrogens is 509 g/mol. The lowest BCUT2D eigenvalue weighted by atomic mass is 10.1. The van der Waals surface area contributed by atoms with Gasteiger partial charge in [-0.2, -0.15) is 18.3 Å². The van der Waals surface area contributed by atoms with E-state index in [2.05, 4.69) is 4.90 Å². The highest BCUT2D eigenvalue weighted by Crippen LogP contribution is 2.31. The maximum atomic E-state index is 13.1. The molecule has 11 heteroatoms. The third-order valence-corrected chi connectivity index (χ3v) is 6.82. The van der Waals surface area contributed by atoms with Crippen LogP contribution in [0.2, 0.25) is 0 Å². The first kappa shape index (κ1) is 26.6. The maximum Gasteiger partial charge on any atom is 0.416 e. The predicted molar refractivity (Wildman–Crippen MR) is 141 cm³/mol. The second-order valence-corrected chi connectivity index (χ2v) is 9.64. The van der Waals surface area contributed by atoms with Gasteiger partial charge in [0.15, 0.2) is 11.5 Å².